The number of anilines is 1. The lowest BCUT2D eigenvalue weighted by Crippen LogP contribution is -2.36. The van der Waals surface area contributed by atoms with Gasteiger partial charge in [0.2, 0.25) is 5.91 Å². The van der Waals surface area contributed by atoms with Crippen molar-refractivity contribution in [3.05, 3.63) is 52.6 Å². The fourth-order valence-electron chi connectivity index (χ4n) is 3.14. The number of amides is 2. The Hall–Kier alpha value is -3.55. The van der Waals surface area contributed by atoms with Crippen LogP contribution >= 0.6 is 0 Å². The first-order chi connectivity index (χ1) is 14.7. The zero-order valence-electron chi connectivity index (χ0n) is 18.5. The third kappa shape index (κ3) is 7.02. The molecule has 0 saturated heterocycles. The summed E-state index contributed by atoms with van der Waals surface area (Å²) in [5.41, 5.74) is 4.33. The molecular formula is C23H28N2O6. The number of carbonyl (C=O) groups is 3. The van der Waals surface area contributed by atoms with E-state index in [1.807, 2.05) is 32.9 Å². The molecule has 0 heterocycles. The molecule has 2 N–H and O–H groups in total. The predicted octanol–water partition coefficient (Wildman–Crippen LogP) is 2.47. The highest BCUT2D eigenvalue weighted by atomic mass is 16.5. The van der Waals surface area contributed by atoms with Crippen molar-refractivity contribution in [1.82, 2.24) is 5.32 Å². The number of aryl methyl sites for hydroxylation is 3. The molecule has 0 radical (unpaired) electrons. The van der Waals surface area contributed by atoms with Gasteiger partial charge in [-0.05, 0) is 38.0 Å². The van der Waals surface area contributed by atoms with Gasteiger partial charge in [-0.15, -0.1) is 0 Å². The third-order valence-corrected chi connectivity index (χ3v) is 4.58. The number of ether oxygens (including phenoxy) is 3. The molecule has 0 spiro atoms. The summed E-state index contributed by atoms with van der Waals surface area (Å²) in [6.45, 7) is 5.09. The number of rotatable bonds is 9. The van der Waals surface area contributed by atoms with Gasteiger partial charge in [-0.3, -0.25) is 14.4 Å². The van der Waals surface area contributed by atoms with Crippen LogP contribution in [0, 0.1) is 20.8 Å². The molecule has 0 aromatic heterocycles. The van der Waals surface area contributed by atoms with E-state index in [0.717, 1.165) is 22.4 Å². The first-order valence-corrected chi connectivity index (χ1v) is 9.74. The number of nitrogens with one attached hydrogen (secondary N) is 2. The van der Waals surface area contributed by atoms with Crippen molar-refractivity contribution in [2.45, 2.75) is 27.2 Å². The van der Waals surface area contributed by atoms with E-state index in [-0.39, 0.29) is 18.9 Å². The summed E-state index contributed by atoms with van der Waals surface area (Å²) in [5.74, 6) is -0.434. The predicted molar refractivity (Wildman–Crippen MR) is 117 cm³/mol. The topological polar surface area (TPSA) is 103 Å². The maximum absolute atomic E-state index is 12.2. The third-order valence-electron chi connectivity index (χ3n) is 4.58. The lowest BCUT2D eigenvalue weighted by Gasteiger charge is -2.13. The largest absolute Gasteiger partial charge is 0.497 e. The van der Waals surface area contributed by atoms with Crippen LogP contribution in [0.4, 0.5) is 5.69 Å². The van der Waals surface area contributed by atoms with Crippen LogP contribution in [0.5, 0.6) is 11.5 Å². The summed E-state index contributed by atoms with van der Waals surface area (Å²) in [5, 5.41) is 5.24. The van der Waals surface area contributed by atoms with Crippen molar-refractivity contribution in [1.29, 1.82) is 0 Å². The Balaban J connectivity index is 1.79. The van der Waals surface area contributed by atoms with Crippen LogP contribution in [0.15, 0.2) is 30.3 Å². The fourth-order valence-corrected chi connectivity index (χ4v) is 3.14. The van der Waals surface area contributed by atoms with Crippen LogP contribution in [0.1, 0.15) is 22.3 Å². The van der Waals surface area contributed by atoms with Crippen molar-refractivity contribution in [3.8, 4) is 11.5 Å². The number of hydrogen-bond donors (Lipinski definition) is 2. The Morgan fingerprint density at radius 3 is 2.19 bits per heavy atom. The Labute approximate surface area is 181 Å². The standard InChI is InChI=1S/C23H28N2O6/c1-14-8-15(2)23(16(3)9-14)25-20(26)12-24-21(27)13-31-22(28)10-17-6-7-18(29-4)11-19(17)30-5/h6-9,11H,10,12-13H2,1-5H3,(H,24,27)(H,25,26). The van der Waals surface area contributed by atoms with E-state index in [1.165, 1.54) is 14.2 Å². The molecule has 2 rings (SSSR count). The minimum atomic E-state index is -0.589. The van der Waals surface area contributed by atoms with Crippen molar-refractivity contribution in [3.63, 3.8) is 0 Å². The van der Waals surface area contributed by atoms with Gasteiger partial charge in [0.1, 0.15) is 11.5 Å². The Morgan fingerprint density at radius 1 is 0.903 bits per heavy atom. The highest BCUT2D eigenvalue weighted by Crippen LogP contribution is 2.25. The van der Waals surface area contributed by atoms with E-state index < -0.39 is 18.5 Å². The average Bonchev–Trinajstić information content (AvgIpc) is 2.73. The van der Waals surface area contributed by atoms with Gasteiger partial charge in [0, 0.05) is 17.3 Å². The molecule has 2 amide bonds. The number of benzene rings is 2. The maximum Gasteiger partial charge on any atom is 0.310 e. The number of carbonyl (C=O) groups excluding carboxylic acids is 3. The SMILES string of the molecule is COc1ccc(CC(=O)OCC(=O)NCC(=O)Nc2c(C)cc(C)cc2C)c(OC)c1. The zero-order chi connectivity index (χ0) is 23.0. The zero-order valence-corrected chi connectivity index (χ0v) is 18.5. The lowest BCUT2D eigenvalue weighted by atomic mass is 10.1. The lowest BCUT2D eigenvalue weighted by molar-refractivity contribution is -0.147. The van der Waals surface area contributed by atoms with Crippen LogP contribution in [-0.2, 0) is 25.5 Å². The Bertz CT molecular complexity index is 948. The van der Waals surface area contributed by atoms with E-state index in [1.54, 1.807) is 18.2 Å². The molecule has 0 aliphatic heterocycles. The molecule has 166 valence electrons. The minimum absolute atomic E-state index is 0.0626. The van der Waals surface area contributed by atoms with Gasteiger partial charge < -0.3 is 24.8 Å². The van der Waals surface area contributed by atoms with Gasteiger partial charge in [-0.2, -0.15) is 0 Å². The van der Waals surface area contributed by atoms with Gasteiger partial charge in [-0.25, -0.2) is 0 Å². The van der Waals surface area contributed by atoms with Gasteiger partial charge >= 0.3 is 5.97 Å². The Kier molecular flexibility index (Phi) is 8.43. The smallest absolute Gasteiger partial charge is 0.310 e. The summed E-state index contributed by atoms with van der Waals surface area (Å²) in [4.78, 5) is 36.1. The molecule has 8 nitrogen and oxygen atoms in total. The second-order valence-corrected chi connectivity index (χ2v) is 7.11. The Morgan fingerprint density at radius 2 is 1.58 bits per heavy atom. The van der Waals surface area contributed by atoms with Gasteiger partial charge in [0.15, 0.2) is 6.61 Å². The summed E-state index contributed by atoms with van der Waals surface area (Å²) in [6.07, 6.45) is -0.0626. The van der Waals surface area contributed by atoms with E-state index >= 15 is 0 Å². The van der Waals surface area contributed by atoms with E-state index in [9.17, 15) is 14.4 Å². The molecule has 0 saturated carbocycles. The van der Waals surface area contributed by atoms with E-state index in [0.29, 0.717) is 17.1 Å². The first kappa shape index (κ1) is 23.7. The molecule has 8 heteroatoms. The molecule has 2 aromatic rings. The van der Waals surface area contributed by atoms with E-state index in [4.69, 9.17) is 14.2 Å². The van der Waals surface area contributed by atoms with Crippen molar-refractivity contribution < 1.29 is 28.6 Å². The van der Waals surface area contributed by atoms with Crippen LogP contribution in [0.3, 0.4) is 0 Å². The van der Waals surface area contributed by atoms with Crippen LogP contribution in [-0.4, -0.2) is 45.2 Å². The van der Waals surface area contributed by atoms with Gasteiger partial charge in [0.05, 0.1) is 27.2 Å². The molecule has 0 fully saturated rings. The van der Waals surface area contributed by atoms with Gasteiger partial charge in [-0.1, -0.05) is 23.8 Å². The number of methoxy groups -OCH3 is 2. The second-order valence-electron chi connectivity index (χ2n) is 7.11. The molecular weight excluding hydrogens is 400 g/mol. The van der Waals surface area contributed by atoms with Crippen LogP contribution in [0.25, 0.3) is 0 Å². The maximum atomic E-state index is 12.2. The van der Waals surface area contributed by atoms with Crippen molar-refractivity contribution in [2.24, 2.45) is 0 Å². The molecule has 0 bridgehead atoms. The van der Waals surface area contributed by atoms with E-state index in [2.05, 4.69) is 10.6 Å². The first-order valence-electron chi connectivity index (χ1n) is 9.74. The normalized spacial score (nSPS) is 10.2. The summed E-state index contributed by atoms with van der Waals surface area (Å²) in [7, 11) is 3.02. The highest BCUT2D eigenvalue weighted by molar-refractivity contribution is 5.96. The number of hydrogen-bond acceptors (Lipinski definition) is 6. The molecule has 31 heavy (non-hydrogen) atoms. The minimum Gasteiger partial charge on any atom is -0.497 e. The van der Waals surface area contributed by atoms with Gasteiger partial charge in [0.25, 0.3) is 5.91 Å². The highest BCUT2D eigenvalue weighted by Gasteiger charge is 2.14. The van der Waals surface area contributed by atoms with Crippen LogP contribution < -0.4 is 20.1 Å². The summed E-state index contributed by atoms with van der Waals surface area (Å²) >= 11 is 0. The molecule has 0 unspecified atom stereocenters. The quantitative estimate of drug-likeness (QED) is 0.595. The monoisotopic (exact) mass is 428 g/mol. The molecule has 0 atom stereocenters. The molecule has 0 aliphatic rings. The van der Waals surface area contributed by atoms with Crippen molar-refractivity contribution >= 4 is 23.5 Å². The van der Waals surface area contributed by atoms with Crippen LogP contribution in [0.2, 0.25) is 0 Å². The average molecular weight is 428 g/mol. The number of esters is 1. The molecule has 0 aliphatic carbocycles. The summed E-state index contributed by atoms with van der Waals surface area (Å²) in [6, 6.07) is 8.99. The second kappa shape index (κ2) is 11.0. The van der Waals surface area contributed by atoms with Crippen molar-refractivity contribution in [2.75, 3.05) is 32.7 Å². The fraction of sp³-hybridized carbons (Fsp3) is 0.348. The molecule has 2 aromatic carbocycles. The summed E-state index contributed by atoms with van der Waals surface area (Å²) < 4.78 is 15.4.